The number of hydrogen-bond acceptors (Lipinski definition) is 6. The number of oxazole rings is 1. The summed E-state index contributed by atoms with van der Waals surface area (Å²) < 4.78 is 6.60. The van der Waals surface area contributed by atoms with Gasteiger partial charge < -0.3 is 9.32 Å². The number of aromatic nitrogens is 3. The second kappa shape index (κ2) is 6.44. The van der Waals surface area contributed by atoms with Gasteiger partial charge in [-0.25, -0.2) is 4.79 Å². The van der Waals surface area contributed by atoms with Crippen LogP contribution in [-0.2, 0) is 11.3 Å². The van der Waals surface area contributed by atoms with Crippen LogP contribution in [0.15, 0.2) is 33.5 Å². The Bertz CT molecular complexity index is 974. The van der Waals surface area contributed by atoms with E-state index in [0.717, 1.165) is 22.9 Å². The number of nitrogens with zero attached hydrogens (tertiary/aromatic N) is 4. The fourth-order valence-electron chi connectivity index (χ4n) is 3.28. The number of fused-ring (bicyclic) bond motifs is 1. The van der Waals surface area contributed by atoms with Crippen LogP contribution in [0, 0.1) is 6.92 Å². The lowest BCUT2D eigenvalue weighted by molar-refractivity contribution is -0.133. The molecule has 8 heteroatoms. The standard InChI is InChI=1S/C17H18N4O3S/c1-11-18-19-16(25-11)12-5-4-8-20(9-12)15(22)10-21-13-6-2-3-7-14(13)24-17(21)23/h2-3,6-7,12H,4-5,8-10H2,1H3. The molecule has 1 fully saturated rings. The summed E-state index contributed by atoms with van der Waals surface area (Å²) in [5.74, 6) is -0.343. The van der Waals surface area contributed by atoms with E-state index in [0.29, 0.717) is 24.2 Å². The van der Waals surface area contributed by atoms with E-state index in [4.69, 9.17) is 4.42 Å². The molecule has 1 amide bonds. The summed E-state index contributed by atoms with van der Waals surface area (Å²) in [7, 11) is 0. The molecule has 0 radical (unpaired) electrons. The molecule has 1 saturated heterocycles. The number of amides is 1. The lowest BCUT2D eigenvalue weighted by atomic mass is 9.99. The molecule has 1 aromatic carbocycles. The van der Waals surface area contributed by atoms with Crippen LogP contribution >= 0.6 is 11.3 Å². The zero-order valence-electron chi connectivity index (χ0n) is 13.8. The highest BCUT2D eigenvalue weighted by atomic mass is 32.1. The maximum atomic E-state index is 12.7. The molecule has 2 aromatic heterocycles. The Kier molecular flexibility index (Phi) is 4.12. The molecule has 0 N–H and O–H groups in total. The molecule has 3 aromatic rings. The minimum atomic E-state index is -0.497. The second-order valence-electron chi connectivity index (χ2n) is 6.26. The van der Waals surface area contributed by atoms with Crippen molar-refractivity contribution < 1.29 is 9.21 Å². The normalized spacial score (nSPS) is 18.0. The van der Waals surface area contributed by atoms with Gasteiger partial charge in [0, 0.05) is 19.0 Å². The molecule has 1 atom stereocenters. The Morgan fingerprint density at radius 3 is 3.00 bits per heavy atom. The van der Waals surface area contributed by atoms with Crippen molar-refractivity contribution in [2.24, 2.45) is 0 Å². The summed E-state index contributed by atoms with van der Waals surface area (Å²) in [4.78, 5) is 26.6. The van der Waals surface area contributed by atoms with Crippen molar-refractivity contribution in [1.29, 1.82) is 0 Å². The molecule has 1 aliphatic heterocycles. The fraction of sp³-hybridized carbons (Fsp3) is 0.412. The molecule has 1 aliphatic rings. The van der Waals surface area contributed by atoms with Gasteiger partial charge in [0.25, 0.3) is 0 Å². The van der Waals surface area contributed by atoms with Crippen LogP contribution in [0.4, 0.5) is 0 Å². The average molecular weight is 358 g/mol. The average Bonchev–Trinajstić information content (AvgIpc) is 3.19. The third-order valence-electron chi connectivity index (χ3n) is 4.53. The Hall–Kier alpha value is -2.48. The van der Waals surface area contributed by atoms with Crippen molar-refractivity contribution >= 4 is 28.3 Å². The Morgan fingerprint density at radius 2 is 2.20 bits per heavy atom. The number of para-hydroxylation sites is 2. The molecule has 3 heterocycles. The quantitative estimate of drug-likeness (QED) is 0.717. The fourth-order valence-corrected chi connectivity index (χ4v) is 4.11. The van der Waals surface area contributed by atoms with Gasteiger partial charge in [-0.1, -0.05) is 12.1 Å². The number of benzene rings is 1. The van der Waals surface area contributed by atoms with Gasteiger partial charge in [-0.2, -0.15) is 0 Å². The first-order valence-electron chi connectivity index (χ1n) is 8.28. The third kappa shape index (κ3) is 3.09. The molecule has 0 saturated carbocycles. The Morgan fingerprint density at radius 1 is 1.36 bits per heavy atom. The number of carbonyl (C=O) groups excluding carboxylic acids is 1. The maximum absolute atomic E-state index is 12.7. The predicted octanol–water partition coefficient (Wildman–Crippen LogP) is 2.16. The number of carbonyl (C=O) groups is 1. The van der Waals surface area contributed by atoms with Gasteiger partial charge >= 0.3 is 5.76 Å². The first-order chi connectivity index (χ1) is 12.1. The second-order valence-corrected chi connectivity index (χ2v) is 7.47. The van der Waals surface area contributed by atoms with Crippen LogP contribution < -0.4 is 5.76 Å². The van der Waals surface area contributed by atoms with Gasteiger partial charge in [0.1, 0.15) is 16.6 Å². The molecule has 0 bridgehead atoms. The van der Waals surface area contributed by atoms with Crippen LogP contribution in [0.25, 0.3) is 11.1 Å². The van der Waals surface area contributed by atoms with E-state index in [-0.39, 0.29) is 18.4 Å². The first-order valence-corrected chi connectivity index (χ1v) is 9.09. The van der Waals surface area contributed by atoms with Crippen molar-refractivity contribution in [3.63, 3.8) is 0 Å². The summed E-state index contributed by atoms with van der Waals surface area (Å²) in [5, 5.41) is 10.2. The van der Waals surface area contributed by atoms with Crippen LogP contribution in [0.1, 0.15) is 28.8 Å². The van der Waals surface area contributed by atoms with Crippen molar-refractivity contribution in [2.75, 3.05) is 13.1 Å². The Balaban J connectivity index is 1.52. The smallest absolute Gasteiger partial charge is 0.408 e. The van der Waals surface area contributed by atoms with E-state index < -0.39 is 5.76 Å². The highest BCUT2D eigenvalue weighted by molar-refractivity contribution is 7.11. The summed E-state index contributed by atoms with van der Waals surface area (Å²) in [6, 6.07) is 7.15. The van der Waals surface area contributed by atoms with E-state index in [1.54, 1.807) is 29.5 Å². The van der Waals surface area contributed by atoms with Gasteiger partial charge in [0.15, 0.2) is 5.58 Å². The predicted molar refractivity (Wildman–Crippen MR) is 93.7 cm³/mol. The first kappa shape index (κ1) is 16.0. The largest absolute Gasteiger partial charge is 0.420 e. The zero-order chi connectivity index (χ0) is 17.4. The molecule has 4 rings (SSSR count). The van der Waals surface area contributed by atoms with Crippen LogP contribution in [0.3, 0.4) is 0 Å². The summed E-state index contributed by atoms with van der Waals surface area (Å²) in [6.07, 6.45) is 1.93. The summed E-state index contributed by atoms with van der Waals surface area (Å²) in [5.41, 5.74) is 1.15. The molecule has 130 valence electrons. The molecule has 0 spiro atoms. The third-order valence-corrected chi connectivity index (χ3v) is 5.53. The summed E-state index contributed by atoms with van der Waals surface area (Å²) in [6.45, 7) is 3.26. The van der Waals surface area contributed by atoms with Crippen molar-refractivity contribution in [1.82, 2.24) is 19.7 Å². The van der Waals surface area contributed by atoms with Gasteiger partial charge in [0.05, 0.1) is 5.52 Å². The Labute approximate surface area is 147 Å². The van der Waals surface area contributed by atoms with Gasteiger partial charge in [0.2, 0.25) is 5.91 Å². The number of rotatable bonds is 3. The molecule has 7 nitrogen and oxygen atoms in total. The number of hydrogen-bond donors (Lipinski definition) is 0. The topological polar surface area (TPSA) is 81.2 Å². The van der Waals surface area contributed by atoms with Crippen molar-refractivity contribution in [2.45, 2.75) is 32.2 Å². The SMILES string of the molecule is Cc1nnc(C2CCCN(C(=O)Cn3c(=O)oc4ccccc43)C2)s1. The molecule has 1 unspecified atom stereocenters. The van der Waals surface area contributed by atoms with Crippen LogP contribution in [-0.4, -0.2) is 38.7 Å². The zero-order valence-corrected chi connectivity index (χ0v) is 14.7. The van der Waals surface area contributed by atoms with Gasteiger partial charge in [-0.3, -0.25) is 9.36 Å². The van der Waals surface area contributed by atoms with Gasteiger partial charge in [-0.15, -0.1) is 21.5 Å². The lowest BCUT2D eigenvalue weighted by Gasteiger charge is -2.31. The lowest BCUT2D eigenvalue weighted by Crippen LogP contribution is -2.41. The minimum Gasteiger partial charge on any atom is -0.408 e. The number of piperidine rings is 1. The van der Waals surface area contributed by atoms with Crippen LogP contribution in [0.5, 0.6) is 0 Å². The van der Waals surface area contributed by atoms with Crippen molar-refractivity contribution in [3.05, 3.63) is 44.8 Å². The highest BCUT2D eigenvalue weighted by Crippen LogP contribution is 2.29. The van der Waals surface area contributed by atoms with E-state index in [1.807, 2.05) is 17.9 Å². The molecular weight excluding hydrogens is 340 g/mol. The maximum Gasteiger partial charge on any atom is 0.420 e. The van der Waals surface area contributed by atoms with Crippen LogP contribution in [0.2, 0.25) is 0 Å². The highest BCUT2D eigenvalue weighted by Gasteiger charge is 2.27. The van der Waals surface area contributed by atoms with E-state index in [2.05, 4.69) is 10.2 Å². The monoisotopic (exact) mass is 358 g/mol. The number of aryl methyl sites for hydroxylation is 1. The van der Waals surface area contributed by atoms with E-state index >= 15 is 0 Å². The van der Waals surface area contributed by atoms with E-state index in [1.165, 1.54) is 4.57 Å². The van der Waals surface area contributed by atoms with E-state index in [9.17, 15) is 9.59 Å². The van der Waals surface area contributed by atoms with Gasteiger partial charge in [-0.05, 0) is 31.9 Å². The molecule has 25 heavy (non-hydrogen) atoms. The minimum absolute atomic E-state index is 0.00227. The molecule has 0 aliphatic carbocycles. The number of likely N-dealkylation sites (tertiary alicyclic amines) is 1. The molecular formula is C17H18N4O3S. The van der Waals surface area contributed by atoms with Crippen molar-refractivity contribution in [3.8, 4) is 0 Å². The summed E-state index contributed by atoms with van der Waals surface area (Å²) >= 11 is 1.59.